The van der Waals surface area contributed by atoms with E-state index in [-0.39, 0.29) is 12.5 Å². The largest absolute Gasteiger partial charge is 0.484 e. The number of hydrogen-bond donors (Lipinski definition) is 1. The van der Waals surface area contributed by atoms with Crippen LogP contribution in [0.2, 0.25) is 0 Å². The third kappa shape index (κ3) is 3.59. The Labute approximate surface area is 169 Å². The van der Waals surface area contributed by atoms with Crippen molar-refractivity contribution in [3.63, 3.8) is 0 Å². The van der Waals surface area contributed by atoms with Crippen LogP contribution < -0.4 is 10.1 Å². The van der Waals surface area contributed by atoms with Crippen LogP contribution in [0.5, 0.6) is 5.75 Å². The minimum absolute atomic E-state index is 0.0315. The smallest absolute Gasteiger partial charge is 0.262 e. The molecule has 1 amide bonds. The summed E-state index contributed by atoms with van der Waals surface area (Å²) in [7, 11) is 0. The van der Waals surface area contributed by atoms with Crippen LogP contribution in [-0.4, -0.2) is 22.1 Å². The van der Waals surface area contributed by atoms with Gasteiger partial charge in [-0.15, -0.1) is 0 Å². The Kier molecular flexibility index (Phi) is 4.48. The highest BCUT2D eigenvalue weighted by Crippen LogP contribution is 2.26. The van der Waals surface area contributed by atoms with Crippen LogP contribution in [0.1, 0.15) is 12.2 Å². The van der Waals surface area contributed by atoms with Crippen molar-refractivity contribution in [2.24, 2.45) is 0 Å². The number of nitrogens with zero attached hydrogens (tertiary/aromatic N) is 2. The zero-order valence-corrected chi connectivity index (χ0v) is 16.0. The summed E-state index contributed by atoms with van der Waals surface area (Å²) >= 11 is 0. The van der Waals surface area contributed by atoms with Crippen molar-refractivity contribution in [3.05, 3.63) is 78.8 Å². The Morgan fingerprint density at radius 2 is 1.86 bits per heavy atom. The SMILES string of the molecule is O=C(COc1ccc2ccccc2c1)Nc1ccc(-c2cnc3n2CCC3)cc1. The number of carbonyl (C=O) groups excluding carboxylic acids is 1. The van der Waals surface area contributed by atoms with Gasteiger partial charge >= 0.3 is 0 Å². The highest BCUT2D eigenvalue weighted by atomic mass is 16.5. The zero-order valence-electron chi connectivity index (χ0n) is 16.0. The van der Waals surface area contributed by atoms with E-state index in [4.69, 9.17) is 4.74 Å². The van der Waals surface area contributed by atoms with Crippen molar-refractivity contribution in [1.82, 2.24) is 9.55 Å². The molecule has 0 aliphatic carbocycles. The van der Waals surface area contributed by atoms with Gasteiger partial charge in [-0.1, -0.05) is 42.5 Å². The lowest BCUT2D eigenvalue weighted by Crippen LogP contribution is -2.20. The van der Waals surface area contributed by atoms with E-state index in [9.17, 15) is 4.79 Å². The molecule has 0 fully saturated rings. The fourth-order valence-corrected chi connectivity index (χ4v) is 3.82. The summed E-state index contributed by atoms with van der Waals surface area (Å²) in [6.45, 7) is 0.992. The quantitative estimate of drug-likeness (QED) is 0.545. The van der Waals surface area contributed by atoms with E-state index in [0.717, 1.165) is 52.9 Å². The molecule has 1 aliphatic heterocycles. The van der Waals surface area contributed by atoms with Crippen LogP contribution in [0, 0.1) is 0 Å². The first-order valence-corrected chi connectivity index (χ1v) is 9.82. The van der Waals surface area contributed by atoms with Crippen LogP contribution in [0.3, 0.4) is 0 Å². The third-order valence-electron chi connectivity index (χ3n) is 5.28. The maximum atomic E-state index is 12.3. The minimum atomic E-state index is -0.184. The summed E-state index contributed by atoms with van der Waals surface area (Å²) < 4.78 is 7.93. The van der Waals surface area contributed by atoms with E-state index in [2.05, 4.69) is 14.9 Å². The van der Waals surface area contributed by atoms with E-state index >= 15 is 0 Å². The third-order valence-corrected chi connectivity index (χ3v) is 5.28. The summed E-state index contributed by atoms with van der Waals surface area (Å²) in [6, 6.07) is 21.8. The second-order valence-corrected chi connectivity index (χ2v) is 7.24. The van der Waals surface area contributed by atoms with E-state index in [1.165, 1.54) is 0 Å². The number of aryl methyl sites for hydroxylation is 1. The van der Waals surface area contributed by atoms with Gasteiger partial charge in [0.1, 0.15) is 11.6 Å². The number of anilines is 1. The number of nitrogens with one attached hydrogen (secondary N) is 1. The van der Waals surface area contributed by atoms with Crippen molar-refractivity contribution in [1.29, 1.82) is 0 Å². The molecule has 0 unspecified atom stereocenters. The standard InChI is InChI=1S/C24H21N3O2/c28-24(16-29-21-12-9-17-4-1-2-5-19(17)14-21)26-20-10-7-18(8-11-20)22-15-25-23-6-3-13-27(22)23/h1-2,4-5,7-12,14-15H,3,6,13,16H2,(H,26,28). The molecule has 5 rings (SSSR count). The topological polar surface area (TPSA) is 56.1 Å². The fourth-order valence-electron chi connectivity index (χ4n) is 3.82. The van der Waals surface area contributed by atoms with Gasteiger partial charge in [0, 0.05) is 18.7 Å². The molecule has 144 valence electrons. The van der Waals surface area contributed by atoms with Crippen molar-refractivity contribution in [3.8, 4) is 17.0 Å². The minimum Gasteiger partial charge on any atom is -0.484 e. The van der Waals surface area contributed by atoms with Gasteiger partial charge in [-0.3, -0.25) is 4.79 Å². The van der Waals surface area contributed by atoms with E-state index in [0.29, 0.717) is 5.75 Å². The lowest BCUT2D eigenvalue weighted by Gasteiger charge is -2.09. The first kappa shape index (κ1) is 17.5. The first-order chi connectivity index (χ1) is 14.3. The fraction of sp³-hybridized carbons (Fsp3) is 0.167. The number of benzene rings is 3. The summed E-state index contributed by atoms with van der Waals surface area (Å²) in [4.78, 5) is 16.8. The maximum Gasteiger partial charge on any atom is 0.262 e. The molecule has 1 aromatic heterocycles. The second-order valence-electron chi connectivity index (χ2n) is 7.24. The summed E-state index contributed by atoms with van der Waals surface area (Å²) in [6.07, 6.45) is 4.13. The molecule has 1 N–H and O–H groups in total. The van der Waals surface area contributed by atoms with Crippen molar-refractivity contribution in [2.45, 2.75) is 19.4 Å². The van der Waals surface area contributed by atoms with Gasteiger partial charge in [0.05, 0.1) is 11.9 Å². The van der Waals surface area contributed by atoms with Gasteiger partial charge in [0.2, 0.25) is 0 Å². The molecule has 0 saturated heterocycles. The summed E-state index contributed by atoms with van der Waals surface area (Å²) in [5, 5.41) is 5.12. The Morgan fingerprint density at radius 1 is 1.03 bits per heavy atom. The predicted molar refractivity (Wildman–Crippen MR) is 114 cm³/mol. The molecular weight excluding hydrogens is 362 g/mol. The molecule has 0 spiro atoms. The Hall–Kier alpha value is -3.60. The Balaban J connectivity index is 1.21. The molecule has 4 aromatic rings. The molecule has 0 saturated carbocycles. The zero-order chi connectivity index (χ0) is 19.6. The van der Waals surface area contributed by atoms with Gasteiger partial charge in [-0.05, 0) is 47.0 Å². The van der Waals surface area contributed by atoms with Crippen LogP contribution in [0.15, 0.2) is 72.9 Å². The number of amides is 1. The normalized spacial score (nSPS) is 12.7. The highest BCUT2D eigenvalue weighted by Gasteiger charge is 2.16. The highest BCUT2D eigenvalue weighted by molar-refractivity contribution is 5.92. The molecule has 0 radical (unpaired) electrons. The molecule has 0 atom stereocenters. The molecule has 1 aliphatic rings. The molecule has 5 heteroatoms. The van der Waals surface area contributed by atoms with Crippen molar-refractivity contribution < 1.29 is 9.53 Å². The number of aromatic nitrogens is 2. The molecule has 0 bridgehead atoms. The van der Waals surface area contributed by atoms with Gasteiger partial charge in [0.15, 0.2) is 6.61 Å². The van der Waals surface area contributed by atoms with Gasteiger partial charge < -0.3 is 14.6 Å². The van der Waals surface area contributed by atoms with Crippen LogP contribution >= 0.6 is 0 Å². The second kappa shape index (κ2) is 7.43. The van der Waals surface area contributed by atoms with Gasteiger partial charge in [-0.25, -0.2) is 4.98 Å². The average Bonchev–Trinajstić information content (AvgIpc) is 3.37. The average molecular weight is 383 g/mol. The van der Waals surface area contributed by atoms with E-state index in [1.807, 2.05) is 72.9 Å². The van der Waals surface area contributed by atoms with Crippen molar-refractivity contribution in [2.75, 3.05) is 11.9 Å². The lowest BCUT2D eigenvalue weighted by molar-refractivity contribution is -0.118. The number of rotatable bonds is 5. The lowest BCUT2D eigenvalue weighted by atomic mass is 10.1. The van der Waals surface area contributed by atoms with Gasteiger partial charge in [0.25, 0.3) is 5.91 Å². The van der Waals surface area contributed by atoms with E-state index in [1.54, 1.807) is 0 Å². The van der Waals surface area contributed by atoms with Crippen LogP contribution in [0.25, 0.3) is 22.0 Å². The summed E-state index contributed by atoms with van der Waals surface area (Å²) in [5.41, 5.74) is 2.99. The first-order valence-electron chi connectivity index (χ1n) is 9.82. The molecular formula is C24H21N3O2. The number of carbonyl (C=O) groups is 1. The Bertz CT molecular complexity index is 1180. The van der Waals surface area contributed by atoms with Crippen LogP contribution in [-0.2, 0) is 17.8 Å². The molecule has 3 aromatic carbocycles. The number of ether oxygens (including phenoxy) is 1. The monoisotopic (exact) mass is 383 g/mol. The van der Waals surface area contributed by atoms with Crippen molar-refractivity contribution >= 4 is 22.4 Å². The molecule has 5 nitrogen and oxygen atoms in total. The number of hydrogen-bond acceptors (Lipinski definition) is 3. The predicted octanol–water partition coefficient (Wildman–Crippen LogP) is 4.67. The van der Waals surface area contributed by atoms with Crippen LogP contribution in [0.4, 0.5) is 5.69 Å². The molecule has 2 heterocycles. The summed E-state index contributed by atoms with van der Waals surface area (Å²) in [5.74, 6) is 1.66. The number of fused-ring (bicyclic) bond motifs is 2. The molecule has 29 heavy (non-hydrogen) atoms. The van der Waals surface area contributed by atoms with Gasteiger partial charge in [-0.2, -0.15) is 0 Å². The maximum absolute atomic E-state index is 12.3. The number of imidazole rings is 1. The Morgan fingerprint density at radius 3 is 2.72 bits per heavy atom. The van der Waals surface area contributed by atoms with E-state index < -0.39 is 0 Å².